The molecule has 0 spiro atoms. The predicted molar refractivity (Wildman–Crippen MR) is 72.9 cm³/mol. The SMILES string of the molecule is Cc1ccc(OCc2sccc2S(=O)(=O)Cl)cc1. The summed E-state index contributed by atoms with van der Waals surface area (Å²) < 4.78 is 28.1. The first-order valence-electron chi connectivity index (χ1n) is 5.17. The van der Waals surface area contributed by atoms with Crippen molar-refractivity contribution in [3.63, 3.8) is 0 Å². The Hall–Kier alpha value is -1.04. The molecule has 0 fully saturated rings. The van der Waals surface area contributed by atoms with Crippen LogP contribution in [-0.2, 0) is 15.7 Å². The lowest BCUT2D eigenvalue weighted by Crippen LogP contribution is -1.98. The van der Waals surface area contributed by atoms with Gasteiger partial charge in [-0.15, -0.1) is 11.3 Å². The Balaban J connectivity index is 2.12. The Bertz CT molecular complexity index is 630. The molecule has 0 bridgehead atoms. The number of halogens is 1. The van der Waals surface area contributed by atoms with Crippen molar-refractivity contribution in [2.75, 3.05) is 0 Å². The van der Waals surface area contributed by atoms with Gasteiger partial charge in [-0.2, -0.15) is 0 Å². The summed E-state index contributed by atoms with van der Waals surface area (Å²) in [6.45, 7) is 2.18. The van der Waals surface area contributed by atoms with Gasteiger partial charge in [0, 0.05) is 10.7 Å². The molecule has 6 heteroatoms. The van der Waals surface area contributed by atoms with E-state index in [0.29, 0.717) is 10.6 Å². The molecular formula is C12H11ClO3S2. The number of hydrogen-bond donors (Lipinski definition) is 0. The molecule has 2 aromatic rings. The lowest BCUT2D eigenvalue weighted by molar-refractivity contribution is 0.307. The number of benzene rings is 1. The maximum Gasteiger partial charge on any atom is 0.262 e. The molecule has 3 nitrogen and oxygen atoms in total. The third kappa shape index (κ3) is 3.25. The molecule has 0 aliphatic heterocycles. The zero-order valence-electron chi connectivity index (χ0n) is 9.59. The van der Waals surface area contributed by atoms with Gasteiger partial charge in [-0.3, -0.25) is 0 Å². The summed E-state index contributed by atoms with van der Waals surface area (Å²) in [6.07, 6.45) is 0. The van der Waals surface area contributed by atoms with Crippen LogP contribution in [0, 0.1) is 6.92 Å². The molecule has 1 aromatic heterocycles. The van der Waals surface area contributed by atoms with E-state index in [1.54, 1.807) is 5.38 Å². The molecule has 0 atom stereocenters. The molecule has 18 heavy (non-hydrogen) atoms. The van der Waals surface area contributed by atoms with Gasteiger partial charge >= 0.3 is 0 Å². The van der Waals surface area contributed by atoms with E-state index in [1.807, 2.05) is 31.2 Å². The third-order valence-electron chi connectivity index (χ3n) is 2.36. The minimum absolute atomic E-state index is 0.126. The highest BCUT2D eigenvalue weighted by atomic mass is 35.7. The van der Waals surface area contributed by atoms with Crippen molar-refractivity contribution < 1.29 is 13.2 Å². The number of ether oxygens (including phenoxy) is 1. The quantitative estimate of drug-likeness (QED) is 0.811. The van der Waals surface area contributed by atoms with Crippen molar-refractivity contribution in [1.29, 1.82) is 0 Å². The van der Waals surface area contributed by atoms with Gasteiger partial charge in [0.15, 0.2) is 0 Å². The van der Waals surface area contributed by atoms with E-state index in [9.17, 15) is 8.42 Å². The molecule has 0 amide bonds. The predicted octanol–water partition coefficient (Wildman–Crippen LogP) is 3.56. The number of hydrogen-bond acceptors (Lipinski definition) is 4. The van der Waals surface area contributed by atoms with Crippen LogP contribution in [0.1, 0.15) is 10.4 Å². The molecule has 1 heterocycles. The zero-order chi connectivity index (χ0) is 13.2. The number of rotatable bonds is 4. The van der Waals surface area contributed by atoms with Crippen molar-refractivity contribution in [2.45, 2.75) is 18.4 Å². The highest BCUT2D eigenvalue weighted by molar-refractivity contribution is 8.13. The maximum absolute atomic E-state index is 11.3. The lowest BCUT2D eigenvalue weighted by atomic mass is 10.2. The molecule has 2 rings (SSSR count). The topological polar surface area (TPSA) is 43.4 Å². The molecule has 0 aliphatic carbocycles. The van der Waals surface area contributed by atoms with Crippen LogP contribution in [0.4, 0.5) is 0 Å². The molecule has 0 saturated carbocycles. The van der Waals surface area contributed by atoms with E-state index in [4.69, 9.17) is 15.4 Å². The summed E-state index contributed by atoms with van der Waals surface area (Å²) in [5.41, 5.74) is 1.14. The van der Waals surface area contributed by atoms with E-state index in [1.165, 1.54) is 17.4 Å². The summed E-state index contributed by atoms with van der Waals surface area (Å²) in [5, 5.41) is 1.68. The van der Waals surface area contributed by atoms with Crippen LogP contribution >= 0.6 is 22.0 Å². The van der Waals surface area contributed by atoms with Crippen LogP contribution in [0.25, 0.3) is 0 Å². The first-order valence-corrected chi connectivity index (χ1v) is 8.36. The van der Waals surface area contributed by atoms with Gasteiger partial charge in [0.1, 0.15) is 12.4 Å². The van der Waals surface area contributed by atoms with Crippen LogP contribution in [0.5, 0.6) is 5.75 Å². The highest BCUT2D eigenvalue weighted by Crippen LogP contribution is 2.26. The van der Waals surface area contributed by atoms with Gasteiger partial charge in [-0.25, -0.2) is 8.42 Å². The highest BCUT2D eigenvalue weighted by Gasteiger charge is 2.17. The van der Waals surface area contributed by atoms with Crippen molar-refractivity contribution in [1.82, 2.24) is 0 Å². The van der Waals surface area contributed by atoms with Crippen molar-refractivity contribution in [2.24, 2.45) is 0 Å². The summed E-state index contributed by atoms with van der Waals surface area (Å²) >= 11 is 1.31. The molecule has 0 N–H and O–H groups in total. The summed E-state index contributed by atoms with van der Waals surface area (Å²) in [4.78, 5) is 0.729. The molecule has 0 unspecified atom stereocenters. The summed E-state index contributed by atoms with van der Waals surface area (Å²) in [7, 11) is 1.63. The fraction of sp³-hybridized carbons (Fsp3) is 0.167. The van der Waals surface area contributed by atoms with Crippen LogP contribution in [0.3, 0.4) is 0 Å². The van der Waals surface area contributed by atoms with Crippen LogP contribution in [0.15, 0.2) is 40.6 Å². The fourth-order valence-electron chi connectivity index (χ4n) is 1.43. The van der Waals surface area contributed by atoms with E-state index < -0.39 is 9.05 Å². The standard InChI is InChI=1S/C12H11ClO3S2/c1-9-2-4-10(5-3-9)16-8-11-12(6-7-17-11)18(13,14)15/h2-7H,8H2,1H3. The van der Waals surface area contributed by atoms with Crippen molar-refractivity contribution >= 4 is 31.1 Å². The third-order valence-corrected chi connectivity index (χ3v) is 4.79. The fourth-order valence-corrected chi connectivity index (χ4v) is 3.81. The smallest absolute Gasteiger partial charge is 0.262 e. The van der Waals surface area contributed by atoms with E-state index in [0.717, 1.165) is 5.56 Å². The van der Waals surface area contributed by atoms with Gasteiger partial charge in [-0.1, -0.05) is 17.7 Å². The second-order valence-electron chi connectivity index (χ2n) is 3.75. The maximum atomic E-state index is 11.3. The van der Waals surface area contributed by atoms with Crippen LogP contribution in [0.2, 0.25) is 0 Å². The van der Waals surface area contributed by atoms with Gasteiger partial charge in [0.25, 0.3) is 9.05 Å². The average Bonchev–Trinajstić information content (AvgIpc) is 2.76. The van der Waals surface area contributed by atoms with Gasteiger partial charge in [0.05, 0.1) is 9.77 Å². The van der Waals surface area contributed by atoms with Crippen LogP contribution < -0.4 is 4.74 Å². The van der Waals surface area contributed by atoms with Gasteiger partial charge in [-0.05, 0) is 30.5 Å². The molecule has 0 aliphatic rings. The Kier molecular flexibility index (Phi) is 3.94. The molecule has 96 valence electrons. The average molecular weight is 303 g/mol. The largest absolute Gasteiger partial charge is 0.488 e. The van der Waals surface area contributed by atoms with Crippen LogP contribution in [-0.4, -0.2) is 8.42 Å². The van der Waals surface area contributed by atoms with E-state index in [-0.39, 0.29) is 11.5 Å². The Morgan fingerprint density at radius 1 is 1.22 bits per heavy atom. The second-order valence-corrected chi connectivity index (χ2v) is 7.28. The monoisotopic (exact) mass is 302 g/mol. The first-order chi connectivity index (χ1) is 8.47. The number of thiophene rings is 1. The summed E-state index contributed by atoms with van der Waals surface area (Å²) in [5.74, 6) is 0.701. The van der Waals surface area contributed by atoms with E-state index in [2.05, 4.69) is 0 Å². The van der Waals surface area contributed by atoms with E-state index >= 15 is 0 Å². The minimum Gasteiger partial charge on any atom is -0.488 e. The minimum atomic E-state index is -3.70. The Morgan fingerprint density at radius 2 is 1.89 bits per heavy atom. The zero-order valence-corrected chi connectivity index (χ0v) is 12.0. The van der Waals surface area contributed by atoms with Crippen molar-refractivity contribution in [3.8, 4) is 5.75 Å². The number of aryl methyl sites for hydroxylation is 1. The second kappa shape index (κ2) is 5.30. The molecular weight excluding hydrogens is 292 g/mol. The normalized spacial score (nSPS) is 11.4. The van der Waals surface area contributed by atoms with Crippen molar-refractivity contribution in [3.05, 3.63) is 46.2 Å². The molecule has 0 radical (unpaired) electrons. The molecule has 1 aromatic carbocycles. The molecule has 0 saturated heterocycles. The van der Waals surface area contributed by atoms with Gasteiger partial charge in [0.2, 0.25) is 0 Å². The lowest BCUT2D eigenvalue weighted by Gasteiger charge is -2.06. The summed E-state index contributed by atoms with van der Waals surface area (Å²) in [6, 6.07) is 9.04. The van der Waals surface area contributed by atoms with Gasteiger partial charge < -0.3 is 4.74 Å². The Labute approximate surface area is 114 Å². The Morgan fingerprint density at radius 3 is 2.50 bits per heavy atom. The first kappa shape index (κ1) is 13.4.